The molecule has 22 heavy (non-hydrogen) atoms. The number of hydrogen-bond donors (Lipinski definition) is 1. The number of likely N-dealkylation sites (tertiary alicyclic amines) is 1. The number of benzene rings is 1. The number of carbonyl (C=O) groups excluding carboxylic acids is 1. The topological polar surface area (TPSA) is 41.6 Å². The molecule has 0 saturated carbocycles. The predicted octanol–water partition coefficient (Wildman–Crippen LogP) is 2.23. The zero-order chi connectivity index (χ0) is 15.4. The summed E-state index contributed by atoms with van der Waals surface area (Å²) in [5.74, 6) is 1.16. The number of amides is 1. The number of ether oxygens (including phenoxy) is 1. The number of piperidine rings is 1. The number of rotatable bonds is 4. The highest BCUT2D eigenvalue weighted by Crippen LogP contribution is 2.37. The maximum Gasteiger partial charge on any atom is 0.222 e. The second kappa shape index (κ2) is 6.69. The number of carbonyl (C=O) groups is 1. The zero-order valence-corrected chi connectivity index (χ0v) is 13.4. The maximum atomic E-state index is 12.4. The summed E-state index contributed by atoms with van der Waals surface area (Å²) in [5, 5.41) is 3.47. The Morgan fingerprint density at radius 1 is 1.27 bits per heavy atom. The Morgan fingerprint density at radius 2 is 2.05 bits per heavy atom. The third kappa shape index (κ3) is 3.27. The minimum Gasteiger partial charge on any atom is -0.496 e. The van der Waals surface area contributed by atoms with Crippen LogP contribution in [-0.2, 0) is 11.2 Å². The van der Waals surface area contributed by atoms with Crippen LogP contribution in [0.3, 0.4) is 0 Å². The number of nitrogens with one attached hydrogen (secondary N) is 1. The lowest BCUT2D eigenvalue weighted by Crippen LogP contribution is -2.44. The molecule has 0 unspecified atom stereocenters. The normalized spacial score (nSPS) is 20.3. The third-order valence-electron chi connectivity index (χ3n) is 5.31. The highest BCUT2D eigenvalue weighted by Gasteiger charge is 2.37. The van der Waals surface area contributed by atoms with Gasteiger partial charge in [-0.3, -0.25) is 4.79 Å². The van der Waals surface area contributed by atoms with E-state index in [4.69, 9.17) is 4.74 Å². The van der Waals surface area contributed by atoms with E-state index in [1.54, 1.807) is 7.11 Å². The lowest BCUT2D eigenvalue weighted by molar-refractivity contribution is -0.133. The molecule has 0 atom stereocenters. The van der Waals surface area contributed by atoms with E-state index < -0.39 is 0 Å². The van der Waals surface area contributed by atoms with Crippen LogP contribution in [0.25, 0.3) is 0 Å². The molecule has 2 aliphatic heterocycles. The second-order valence-electron chi connectivity index (χ2n) is 6.62. The van der Waals surface area contributed by atoms with Gasteiger partial charge in [0.2, 0.25) is 5.91 Å². The van der Waals surface area contributed by atoms with Gasteiger partial charge in [-0.1, -0.05) is 18.2 Å². The van der Waals surface area contributed by atoms with Crippen molar-refractivity contribution in [3.63, 3.8) is 0 Å². The van der Waals surface area contributed by atoms with Crippen LogP contribution in [0.1, 0.15) is 31.2 Å². The summed E-state index contributed by atoms with van der Waals surface area (Å²) in [4.78, 5) is 14.5. The Hall–Kier alpha value is -1.55. The second-order valence-corrected chi connectivity index (χ2v) is 6.62. The fourth-order valence-electron chi connectivity index (χ4n) is 3.76. The number of aryl methyl sites for hydroxylation is 1. The Balaban J connectivity index is 1.50. The molecular formula is C18H26N2O2. The van der Waals surface area contributed by atoms with Gasteiger partial charge in [-0.15, -0.1) is 0 Å². The van der Waals surface area contributed by atoms with Crippen LogP contribution in [0.2, 0.25) is 0 Å². The summed E-state index contributed by atoms with van der Waals surface area (Å²) >= 11 is 0. The summed E-state index contributed by atoms with van der Waals surface area (Å²) in [5.41, 5.74) is 1.59. The highest BCUT2D eigenvalue weighted by molar-refractivity contribution is 5.76. The molecule has 1 spiro atoms. The van der Waals surface area contributed by atoms with Gasteiger partial charge in [-0.25, -0.2) is 0 Å². The van der Waals surface area contributed by atoms with Crippen molar-refractivity contribution < 1.29 is 9.53 Å². The van der Waals surface area contributed by atoms with Crippen molar-refractivity contribution in [2.45, 2.75) is 32.1 Å². The molecular weight excluding hydrogens is 276 g/mol. The fraction of sp³-hybridized carbons (Fsp3) is 0.611. The molecule has 0 aliphatic carbocycles. The van der Waals surface area contributed by atoms with Crippen molar-refractivity contribution in [1.82, 2.24) is 10.2 Å². The molecule has 2 aliphatic rings. The third-order valence-corrected chi connectivity index (χ3v) is 5.31. The minimum absolute atomic E-state index is 0.284. The molecule has 0 bridgehead atoms. The Bertz CT molecular complexity index is 514. The van der Waals surface area contributed by atoms with E-state index in [9.17, 15) is 4.79 Å². The molecule has 3 rings (SSSR count). The van der Waals surface area contributed by atoms with Crippen molar-refractivity contribution in [2.24, 2.45) is 5.41 Å². The average Bonchev–Trinajstić information content (AvgIpc) is 3.01. The molecule has 2 saturated heterocycles. The standard InChI is InChI=1S/C18H26N2O2/c1-22-16-5-3-2-4-15(16)6-7-17(21)20-12-9-18(10-13-20)8-11-19-14-18/h2-5,19H,6-14H2,1H3. The molecule has 1 aromatic rings. The first kappa shape index (κ1) is 15.3. The Kier molecular flexibility index (Phi) is 4.67. The monoisotopic (exact) mass is 302 g/mol. The minimum atomic E-state index is 0.284. The van der Waals surface area contributed by atoms with Gasteiger partial charge in [0.05, 0.1) is 7.11 Å². The van der Waals surface area contributed by atoms with Crippen LogP contribution >= 0.6 is 0 Å². The van der Waals surface area contributed by atoms with Crippen LogP contribution in [0.4, 0.5) is 0 Å². The number of hydrogen-bond acceptors (Lipinski definition) is 3. The maximum absolute atomic E-state index is 12.4. The van der Waals surface area contributed by atoms with Gasteiger partial charge in [0, 0.05) is 26.1 Å². The van der Waals surface area contributed by atoms with Gasteiger partial charge in [0.25, 0.3) is 0 Å². The van der Waals surface area contributed by atoms with Gasteiger partial charge in [0.15, 0.2) is 0 Å². The Morgan fingerprint density at radius 3 is 2.73 bits per heavy atom. The SMILES string of the molecule is COc1ccccc1CCC(=O)N1CCC2(CCNC2)CC1. The number of para-hydroxylation sites is 1. The van der Waals surface area contributed by atoms with Crippen LogP contribution in [0.15, 0.2) is 24.3 Å². The molecule has 1 aromatic carbocycles. The molecule has 120 valence electrons. The van der Waals surface area contributed by atoms with Gasteiger partial charge >= 0.3 is 0 Å². The van der Waals surface area contributed by atoms with Gasteiger partial charge in [-0.05, 0) is 49.3 Å². The highest BCUT2D eigenvalue weighted by atomic mass is 16.5. The summed E-state index contributed by atoms with van der Waals surface area (Å²) < 4.78 is 5.35. The molecule has 1 N–H and O–H groups in total. The molecule has 4 nitrogen and oxygen atoms in total. The van der Waals surface area contributed by atoms with Crippen molar-refractivity contribution in [3.05, 3.63) is 29.8 Å². The molecule has 0 radical (unpaired) electrons. The van der Waals surface area contributed by atoms with Crippen LogP contribution in [0.5, 0.6) is 5.75 Å². The van der Waals surface area contributed by atoms with E-state index in [-0.39, 0.29) is 5.91 Å². The van der Waals surface area contributed by atoms with Crippen molar-refractivity contribution in [2.75, 3.05) is 33.3 Å². The first-order valence-electron chi connectivity index (χ1n) is 8.33. The first-order chi connectivity index (χ1) is 10.7. The molecule has 2 heterocycles. The quantitative estimate of drug-likeness (QED) is 0.927. The zero-order valence-electron chi connectivity index (χ0n) is 13.4. The summed E-state index contributed by atoms with van der Waals surface area (Å²) in [6.45, 7) is 4.12. The van der Waals surface area contributed by atoms with Gasteiger partial charge in [0.1, 0.15) is 5.75 Å². The summed E-state index contributed by atoms with van der Waals surface area (Å²) in [6.07, 6.45) is 4.91. The smallest absolute Gasteiger partial charge is 0.222 e. The first-order valence-corrected chi connectivity index (χ1v) is 8.33. The largest absolute Gasteiger partial charge is 0.496 e. The molecule has 1 amide bonds. The fourth-order valence-corrected chi connectivity index (χ4v) is 3.76. The summed E-state index contributed by atoms with van der Waals surface area (Å²) in [6, 6.07) is 7.96. The van der Waals surface area contributed by atoms with Crippen molar-refractivity contribution >= 4 is 5.91 Å². The van der Waals surface area contributed by atoms with Crippen LogP contribution in [0, 0.1) is 5.41 Å². The van der Waals surface area contributed by atoms with E-state index in [1.807, 2.05) is 24.3 Å². The van der Waals surface area contributed by atoms with E-state index >= 15 is 0 Å². The molecule has 2 fully saturated rings. The van der Waals surface area contributed by atoms with Crippen LogP contribution in [-0.4, -0.2) is 44.1 Å². The van der Waals surface area contributed by atoms with Crippen molar-refractivity contribution in [1.29, 1.82) is 0 Å². The summed E-state index contributed by atoms with van der Waals surface area (Å²) in [7, 11) is 1.68. The Labute approximate surface area is 132 Å². The van der Waals surface area contributed by atoms with E-state index in [2.05, 4.69) is 10.2 Å². The van der Waals surface area contributed by atoms with Crippen LogP contribution < -0.4 is 10.1 Å². The van der Waals surface area contributed by atoms with Gasteiger partial charge in [-0.2, -0.15) is 0 Å². The lowest BCUT2D eigenvalue weighted by Gasteiger charge is -2.39. The van der Waals surface area contributed by atoms with E-state index in [1.165, 1.54) is 6.42 Å². The number of methoxy groups -OCH3 is 1. The lowest BCUT2D eigenvalue weighted by atomic mass is 9.78. The van der Waals surface area contributed by atoms with Crippen molar-refractivity contribution in [3.8, 4) is 5.75 Å². The van der Waals surface area contributed by atoms with Gasteiger partial charge < -0.3 is 15.0 Å². The van der Waals surface area contributed by atoms with E-state index in [0.717, 1.165) is 56.8 Å². The van der Waals surface area contributed by atoms with E-state index in [0.29, 0.717) is 11.8 Å². The molecule has 4 heteroatoms. The molecule has 0 aromatic heterocycles. The predicted molar refractivity (Wildman–Crippen MR) is 87.0 cm³/mol. The number of nitrogens with zero attached hydrogens (tertiary/aromatic N) is 1. The average molecular weight is 302 g/mol.